The second kappa shape index (κ2) is 5.50. The molecule has 0 aliphatic rings. The number of anilines is 1. The molecule has 0 amide bonds. The van der Waals surface area contributed by atoms with E-state index in [1.54, 1.807) is 19.5 Å². The van der Waals surface area contributed by atoms with Crippen LogP contribution in [-0.2, 0) is 6.54 Å². The van der Waals surface area contributed by atoms with Crippen molar-refractivity contribution in [2.75, 3.05) is 12.4 Å². The van der Waals surface area contributed by atoms with Gasteiger partial charge in [0.2, 0.25) is 0 Å². The van der Waals surface area contributed by atoms with Gasteiger partial charge in [0.05, 0.1) is 7.11 Å². The average molecular weight is 250 g/mol. The average Bonchev–Trinajstić information content (AvgIpc) is 2.38. The molecule has 0 saturated heterocycles. The highest BCUT2D eigenvalue weighted by Gasteiger charge is 2.01. The van der Waals surface area contributed by atoms with Crippen molar-refractivity contribution in [1.29, 1.82) is 0 Å². The van der Waals surface area contributed by atoms with Gasteiger partial charge in [-0.3, -0.25) is 0 Å². The topological polar surface area (TPSA) is 47.0 Å². The Kier molecular flexibility index (Phi) is 3.77. The Labute approximate surface area is 105 Å². The zero-order chi connectivity index (χ0) is 12.1. The van der Waals surface area contributed by atoms with Crippen LogP contribution in [0.3, 0.4) is 0 Å². The monoisotopic (exact) mass is 249 g/mol. The summed E-state index contributed by atoms with van der Waals surface area (Å²) in [6, 6.07) is 7.80. The van der Waals surface area contributed by atoms with Gasteiger partial charge < -0.3 is 10.1 Å². The maximum atomic E-state index is 5.89. The molecule has 88 valence electrons. The van der Waals surface area contributed by atoms with Crippen LogP contribution in [0.15, 0.2) is 36.7 Å². The van der Waals surface area contributed by atoms with E-state index in [1.165, 1.54) is 0 Å². The Hall–Kier alpha value is -1.81. The van der Waals surface area contributed by atoms with Gasteiger partial charge >= 0.3 is 0 Å². The summed E-state index contributed by atoms with van der Waals surface area (Å²) >= 11 is 5.89. The molecule has 1 aromatic heterocycles. The number of aromatic nitrogens is 2. The van der Waals surface area contributed by atoms with E-state index >= 15 is 0 Å². The third-order valence-corrected chi connectivity index (χ3v) is 2.52. The molecular formula is C12H12ClN3O. The number of methoxy groups -OCH3 is 1. The van der Waals surface area contributed by atoms with Crippen LogP contribution in [0.1, 0.15) is 5.56 Å². The smallest absolute Gasteiger partial charge is 0.171 e. The van der Waals surface area contributed by atoms with Crippen LogP contribution in [0.2, 0.25) is 5.15 Å². The Balaban J connectivity index is 2.05. The number of benzene rings is 1. The molecular weight excluding hydrogens is 238 g/mol. The number of nitrogens with zero attached hydrogens (tertiary/aromatic N) is 2. The maximum absolute atomic E-state index is 5.89. The minimum atomic E-state index is 0.371. The summed E-state index contributed by atoms with van der Waals surface area (Å²) in [5.74, 6) is 1.41. The zero-order valence-electron chi connectivity index (χ0n) is 9.35. The molecule has 0 atom stereocenters. The predicted molar refractivity (Wildman–Crippen MR) is 67.4 cm³/mol. The van der Waals surface area contributed by atoms with E-state index in [2.05, 4.69) is 15.3 Å². The zero-order valence-corrected chi connectivity index (χ0v) is 10.1. The van der Waals surface area contributed by atoms with Crippen molar-refractivity contribution in [3.8, 4) is 5.75 Å². The van der Waals surface area contributed by atoms with E-state index in [0.29, 0.717) is 17.5 Å². The quantitative estimate of drug-likeness (QED) is 0.905. The Morgan fingerprint density at radius 1 is 1.29 bits per heavy atom. The fourth-order valence-electron chi connectivity index (χ4n) is 1.41. The molecule has 1 aromatic carbocycles. The number of ether oxygens (including phenoxy) is 1. The summed E-state index contributed by atoms with van der Waals surface area (Å²) in [6.07, 6.45) is 3.15. The third-order valence-electron chi connectivity index (χ3n) is 2.25. The minimum Gasteiger partial charge on any atom is -0.497 e. The van der Waals surface area contributed by atoms with Crippen molar-refractivity contribution >= 4 is 17.4 Å². The molecule has 0 fully saturated rings. The summed E-state index contributed by atoms with van der Waals surface area (Å²) in [6.45, 7) is 0.621. The van der Waals surface area contributed by atoms with Gasteiger partial charge in [-0.2, -0.15) is 0 Å². The van der Waals surface area contributed by atoms with Crippen LogP contribution in [0.25, 0.3) is 0 Å². The molecule has 0 spiro atoms. The minimum absolute atomic E-state index is 0.371. The van der Waals surface area contributed by atoms with Gasteiger partial charge in [0.1, 0.15) is 5.75 Å². The van der Waals surface area contributed by atoms with Gasteiger partial charge in [0.25, 0.3) is 0 Å². The highest BCUT2D eigenvalue weighted by atomic mass is 35.5. The lowest BCUT2D eigenvalue weighted by molar-refractivity contribution is 0.414. The molecule has 5 heteroatoms. The van der Waals surface area contributed by atoms with Crippen molar-refractivity contribution in [1.82, 2.24) is 9.97 Å². The molecule has 1 N–H and O–H groups in total. The Morgan fingerprint density at radius 2 is 2.12 bits per heavy atom. The molecule has 0 unspecified atom stereocenters. The van der Waals surface area contributed by atoms with E-state index < -0.39 is 0 Å². The first-order valence-electron chi connectivity index (χ1n) is 5.13. The number of halogens is 1. The van der Waals surface area contributed by atoms with E-state index in [4.69, 9.17) is 16.3 Å². The lowest BCUT2D eigenvalue weighted by Crippen LogP contribution is -2.02. The first-order chi connectivity index (χ1) is 8.29. The maximum Gasteiger partial charge on any atom is 0.171 e. The van der Waals surface area contributed by atoms with Crippen LogP contribution in [0, 0.1) is 0 Å². The number of hydrogen-bond donors (Lipinski definition) is 1. The van der Waals surface area contributed by atoms with Gasteiger partial charge in [-0.1, -0.05) is 23.7 Å². The molecule has 0 saturated carbocycles. The lowest BCUT2D eigenvalue weighted by Gasteiger charge is -2.07. The molecule has 0 bridgehead atoms. The van der Waals surface area contributed by atoms with Crippen LogP contribution < -0.4 is 10.1 Å². The van der Waals surface area contributed by atoms with Crippen LogP contribution in [0.4, 0.5) is 5.82 Å². The summed E-state index contributed by atoms with van der Waals surface area (Å²) in [4.78, 5) is 8.04. The molecule has 2 rings (SSSR count). The third kappa shape index (κ3) is 3.07. The fourth-order valence-corrected chi connectivity index (χ4v) is 1.58. The van der Waals surface area contributed by atoms with Crippen molar-refractivity contribution in [3.63, 3.8) is 0 Å². The van der Waals surface area contributed by atoms with E-state index in [9.17, 15) is 0 Å². The fraction of sp³-hybridized carbons (Fsp3) is 0.167. The Bertz CT molecular complexity index is 505. The highest BCUT2D eigenvalue weighted by Crippen LogP contribution is 2.17. The van der Waals surface area contributed by atoms with E-state index in [-0.39, 0.29) is 0 Å². The second-order valence-corrected chi connectivity index (χ2v) is 3.76. The summed E-state index contributed by atoms with van der Waals surface area (Å²) in [5.41, 5.74) is 1.09. The van der Waals surface area contributed by atoms with Crippen molar-refractivity contribution in [3.05, 3.63) is 47.4 Å². The standard InChI is InChI=1S/C12H12ClN3O/c1-17-10-4-2-3-9(7-10)8-16-12-11(13)14-5-6-15-12/h2-7H,8H2,1H3,(H,15,16). The Morgan fingerprint density at radius 3 is 2.88 bits per heavy atom. The summed E-state index contributed by atoms with van der Waals surface area (Å²) in [5, 5.41) is 3.49. The number of rotatable bonds is 4. The highest BCUT2D eigenvalue weighted by molar-refractivity contribution is 6.31. The molecule has 4 nitrogen and oxygen atoms in total. The van der Waals surface area contributed by atoms with Gasteiger partial charge in [0.15, 0.2) is 11.0 Å². The first kappa shape index (κ1) is 11.7. The molecule has 0 aliphatic heterocycles. The van der Waals surface area contributed by atoms with Crippen molar-refractivity contribution in [2.45, 2.75) is 6.54 Å². The SMILES string of the molecule is COc1cccc(CNc2nccnc2Cl)c1. The molecule has 2 aromatic rings. The van der Waals surface area contributed by atoms with Gasteiger partial charge in [-0.05, 0) is 17.7 Å². The molecule has 0 radical (unpaired) electrons. The lowest BCUT2D eigenvalue weighted by atomic mass is 10.2. The molecule has 17 heavy (non-hydrogen) atoms. The summed E-state index contributed by atoms with van der Waals surface area (Å²) in [7, 11) is 1.64. The van der Waals surface area contributed by atoms with E-state index in [0.717, 1.165) is 11.3 Å². The largest absolute Gasteiger partial charge is 0.497 e. The van der Waals surface area contributed by atoms with Crippen LogP contribution in [0.5, 0.6) is 5.75 Å². The predicted octanol–water partition coefficient (Wildman–Crippen LogP) is 2.75. The molecule has 0 aliphatic carbocycles. The van der Waals surface area contributed by atoms with Gasteiger partial charge in [-0.15, -0.1) is 0 Å². The van der Waals surface area contributed by atoms with Crippen molar-refractivity contribution < 1.29 is 4.74 Å². The number of nitrogens with one attached hydrogen (secondary N) is 1. The molecule has 1 heterocycles. The van der Waals surface area contributed by atoms with E-state index in [1.807, 2.05) is 24.3 Å². The summed E-state index contributed by atoms with van der Waals surface area (Å²) < 4.78 is 5.15. The van der Waals surface area contributed by atoms with Gasteiger partial charge in [-0.25, -0.2) is 9.97 Å². The normalized spacial score (nSPS) is 10.0. The van der Waals surface area contributed by atoms with Gasteiger partial charge in [0, 0.05) is 18.9 Å². The first-order valence-corrected chi connectivity index (χ1v) is 5.50. The van der Waals surface area contributed by atoms with Crippen LogP contribution in [-0.4, -0.2) is 17.1 Å². The van der Waals surface area contributed by atoms with Crippen molar-refractivity contribution in [2.24, 2.45) is 0 Å². The second-order valence-electron chi connectivity index (χ2n) is 3.40. The number of hydrogen-bond acceptors (Lipinski definition) is 4. The van der Waals surface area contributed by atoms with Crippen LogP contribution >= 0.6 is 11.6 Å².